The maximum absolute atomic E-state index is 11.5. The minimum absolute atomic E-state index is 0.0109. The molecule has 1 rings (SSSR count). The molecule has 0 unspecified atom stereocenters. The first-order chi connectivity index (χ1) is 9.21. The first-order valence-electron chi connectivity index (χ1n) is 6.29. The number of nitrogens with one attached hydrogen (secondary N) is 1. The summed E-state index contributed by atoms with van der Waals surface area (Å²) in [5, 5.41) is 11.5. The first kappa shape index (κ1) is 15.3. The third-order valence-electron chi connectivity index (χ3n) is 2.75. The van der Waals surface area contributed by atoms with Crippen molar-refractivity contribution in [1.29, 1.82) is 0 Å². The van der Waals surface area contributed by atoms with Crippen molar-refractivity contribution in [2.45, 2.75) is 25.8 Å². The molecule has 0 aliphatic heterocycles. The van der Waals surface area contributed by atoms with Crippen LogP contribution in [-0.2, 0) is 11.3 Å². The molecule has 0 fully saturated rings. The van der Waals surface area contributed by atoms with Crippen molar-refractivity contribution >= 4 is 5.91 Å². The van der Waals surface area contributed by atoms with Gasteiger partial charge < -0.3 is 19.9 Å². The summed E-state index contributed by atoms with van der Waals surface area (Å²) in [6, 6.07) is 5.54. The van der Waals surface area contributed by atoms with Gasteiger partial charge >= 0.3 is 0 Å². The van der Waals surface area contributed by atoms with Gasteiger partial charge in [0, 0.05) is 19.6 Å². The molecule has 1 aromatic carbocycles. The lowest BCUT2D eigenvalue weighted by Crippen LogP contribution is -2.22. The molecule has 1 aromatic rings. The Morgan fingerprint density at radius 2 is 1.95 bits per heavy atom. The van der Waals surface area contributed by atoms with Crippen LogP contribution in [0.15, 0.2) is 18.2 Å². The number of ether oxygens (including phenoxy) is 2. The monoisotopic (exact) mass is 267 g/mol. The molecule has 19 heavy (non-hydrogen) atoms. The Labute approximate surface area is 113 Å². The fourth-order valence-electron chi connectivity index (χ4n) is 1.68. The molecule has 106 valence electrons. The number of aliphatic hydroxyl groups is 1. The second kappa shape index (κ2) is 8.37. The molecular weight excluding hydrogens is 246 g/mol. The van der Waals surface area contributed by atoms with Gasteiger partial charge in [-0.2, -0.15) is 0 Å². The molecule has 0 saturated heterocycles. The molecule has 5 heteroatoms. The Hall–Kier alpha value is -1.75. The number of unbranched alkanes of at least 4 members (excludes halogenated alkanes) is 1. The molecule has 2 N–H and O–H groups in total. The Balaban J connectivity index is 2.47. The van der Waals surface area contributed by atoms with Crippen molar-refractivity contribution in [3.05, 3.63) is 23.8 Å². The van der Waals surface area contributed by atoms with E-state index in [0.717, 1.165) is 5.56 Å². The van der Waals surface area contributed by atoms with Crippen LogP contribution in [0.25, 0.3) is 0 Å². The molecule has 0 saturated carbocycles. The minimum atomic E-state index is -0.0109. The lowest BCUT2D eigenvalue weighted by Gasteiger charge is -2.10. The van der Waals surface area contributed by atoms with Gasteiger partial charge in [0.25, 0.3) is 0 Å². The Bertz CT molecular complexity index is 406. The van der Waals surface area contributed by atoms with Crippen LogP contribution in [0.4, 0.5) is 0 Å². The van der Waals surface area contributed by atoms with Gasteiger partial charge in [0.15, 0.2) is 11.5 Å². The van der Waals surface area contributed by atoms with Crippen LogP contribution in [-0.4, -0.2) is 31.8 Å². The van der Waals surface area contributed by atoms with Crippen molar-refractivity contribution in [2.75, 3.05) is 20.8 Å². The van der Waals surface area contributed by atoms with E-state index in [0.29, 0.717) is 37.3 Å². The minimum Gasteiger partial charge on any atom is -0.493 e. The molecule has 0 spiro atoms. The van der Waals surface area contributed by atoms with Gasteiger partial charge in [-0.25, -0.2) is 0 Å². The summed E-state index contributed by atoms with van der Waals surface area (Å²) in [5.74, 6) is 1.30. The van der Waals surface area contributed by atoms with E-state index in [1.165, 1.54) is 0 Å². The van der Waals surface area contributed by atoms with E-state index in [2.05, 4.69) is 5.32 Å². The van der Waals surface area contributed by atoms with Gasteiger partial charge in [-0.05, 0) is 30.5 Å². The first-order valence-corrected chi connectivity index (χ1v) is 6.29. The summed E-state index contributed by atoms with van der Waals surface area (Å²) in [4.78, 5) is 11.5. The van der Waals surface area contributed by atoms with Gasteiger partial charge in [-0.15, -0.1) is 0 Å². The van der Waals surface area contributed by atoms with Gasteiger partial charge in [-0.3, -0.25) is 4.79 Å². The van der Waals surface area contributed by atoms with Crippen molar-refractivity contribution in [1.82, 2.24) is 5.32 Å². The van der Waals surface area contributed by atoms with E-state index < -0.39 is 0 Å². The Morgan fingerprint density at radius 3 is 2.58 bits per heavy atom. The Kier molecular flexibility index (Phi) is 6.74. The van der Waals surface area contributed by atoms with Crippen LogP contribution in [0.3, 0.4) is 0 Å². The maximum Gasteiger partial charge on any atom is 0.220 e. The van der Waals surface area contributed by atoms with E-state index in [-0.39, 0.29) is 12.5 Å². The molecule has 1 amide bonds. The average molecular weight is 267 g/mol. The van der Waals surface area contributed by atoms with Crippen LogP contribution in [0, 0.1) is 0 Å². The fourth-order valence-corrected chi connectivity index (χ4v) is 1.68. The summed E-state index contributed by atoms with van der Waals surface area (Å²) in [6.45, 7) is 0.585. The van der Waals surface area contributed by atoms with Gasteiger partial charge in [0.1, 0.15) is 0 Å². The number of hydrogen-bond donors (Lipinski definition) is 2. The molecule has 0 heterocycles. The van der Waals surface area contributed by atoms with Crippen LogP contribution in [0.5, 0.6) is 11.5 Å². The zero-order valence-corrected chi connectivity index (χ0v) is 11.4. The van der Waals surface area contributed by atoms with Crippen molar-refractivity contribution < 1.29 is 19.4 Å². The highest BCUT2D eigenvalue weighted by Gasteiger charge is 2.06. The molecule has 0 radical (unpaired) electrons. The standard InChI is InChI=1S/C14H21NO4/c1-18-12-7-6-11(9-13(12)19-2)10-15-14(17)5-3-4-8-16/h6-7,9,16H,3-5,8,10H2,1-2H3,(H,15,17). The zero-order chi connectivity index (χ0) is 14.1. The largest absolute Gasteiger partial charge is 0.493 e. The smallest absolute Gasteiger partial charge is 0.220 e. The maximum atomic E-state index is 11.5. The van der Waals surface area contributed by atoms with E-state index in [1.54, 1.807) is 14.2 Å². The Morgan fingerprint density at radius 1 is 1.21 bits per heavy atom. The lowest BCUT2D eigenvalue weighted by atomic mass is 10.2. The number of benzene rings is 1. The molecule has 0 atom stereocenters. The highest BCUT2D eigenvalue weighted by molar-refractivity contribution is 5.75. The molecule has 0 aliphatic carbocycles. The normalized spacial score (nSPS) is 10.1. The second-order valence-electron chi connectivity index (χ2n) is 4.15. The quantitative estimate of drug-likeness (QED) is 0.700. The molecule has 0 bridgehead atoms. The third-order valence-corrected chi connectivity index (χ3v) is 2.75. The van der Waals surface area contributed by atoms with Crippen molar-refractivity contribution in [2.24, 2.45) is 0 Å². The summed E-state index contributed by atoms with van der Waals surface area (Å²) < 4.78 is 10.3. The summed E-state index contributed by atoms with van der Waals surface area (Å²) >= 11 is 0. The van der Waals surface area contributed by atoms with Crippen LogP contribution in [0.2, 0.25) is 0 Å². The van der Waals surface area contributed by atoms with E-state index in [9.17, 15) is 4.79 Å². The molecule has 0 aliphatic rings. The number of carbonyl (C=O) groups is 1. The number of carbonyl (C=O) groups excluding carboxylic acids is 1. The van der Waals surface area contributed by atoms with Crippen LogP contribution >= 0.6 is 0 Å². The van der Waals surface area contributed by atoms with E-state index >= 15 is 0 Å². The second-order valence-corrected chi connectivity index (χ2v) is 4.15. The highest BCUT2D eigenvalue weighted by Crippen LogP contribution is 2.27. The number of methoxy groups -OCH3 is 2. The summed E-state index contributed by atoms with van der Waals surface area (Å²) in [7, 11) is 3.16. The summed E-state index contributed by atoms with van der Waals surface area (Å²) in [6.07, 6.45) is 1.80. The van der Waals surface area contributed by atoms with Crippen LogP contribution < -0.4 is 14.8 Å². The molecular formula is C14H21NO4. The summed E-state index contributed by atoms with van der Waals surface area (Å²) in [5.41, 5.74) is 0.952. The van der Waals surface area contributed by atoms with E-state index in [4.69, 9.17) is 14.6 Å². The fraction of sp³-hybridized carbons (Fsp3) is 0.500. The van der Waals surface area contributed by atoms with Crippen molar-refractivity contribution in [3.8, 4) is 11.5 Å². The van der Waals surface area contributed by atoms with Gasteiger partial charge in [0.2, 0.25) is 5.91 Å². The number of amides is 1. The molecule has 0 aromatic heterocycles. The van der Waals surface area contributed by atoms with Crippen molar-refractivity contribution in [3.63, 3.8) is 0 Å². The molecule has 5 nitrogen and oxygen atoms in total. The van der Waals surface area contributed by atoms with E-state index in [1.807, 2.05) is 18.2 Å². The zero-order valence-electron chi connectivity index (χ0n) is 11.4. The highest BCUT2D eigenvalue weighted by atomic mass is 16.5. The number of aliphatic hydroxyl groups excluding tert-OH is 1. The van der Waals surface area contributed by atoms with Crippen LogP contribution in [0.1, 0.15) is 24.8 Å². The average Bonchev–Trinajstić information content (AvgIpc) is 2.45. The number of hydrogen-bond acceptors (Lipinski definition) is 4. The topological polar surface area (TPSA) is 67.8 Å². The lowest BCUT2D eigenvalue weighted by molar-refractivity contribution is -0.121. The number of rotatable bonds is 8. The van der Waals surface area contributed by atoms with Gasteiger partial charge in [-0.1, -0.05) is 6.07 Å². The van der Waals surface area contributed by atoms with Gasteiger partial charge in [0.05, 0.1) is 14.2 Å². The predicted octanol–water partition coefficient (Wildman–Crippen LogP) is 1.48. The third kappa shape index (κ3) is 5.18. The SMILES string of the molecule is COc1ccc(CNC(=O)CCCCO)cc1OC. The predicted molar refractivity (Wildman–Crippen MR) is 72.3 cm³/mol.